The van der Waals surface area contributed by atoms with Gasteiger partial charge in [-0.25, -0.2) is 0 Å². The highest BCUT2D eigenvalue weighted by molar-refractivity contribution is 5.20. The van der Waals surface area contributed by atoms with E-state index in [-0.39, 0.29) is 0 Å². The van der Waals surface area contributed by atoms with Crippen LogP contribution in [0.3, 0.4) is 0 Å². The maximum Gasteiger partial charge on any atom is 0.0628 e. The molecule has 16 heavy (non-hydrogen) atoms. The predicted octanol–water partition coefficient (Wildman–Crippen LogP) is 4.19. The van der Waals surface area contributed by atoms with Crippen molar-refractivity contribution in [3.05, 3.63) is 17.5 Å². The van der Waals surface area contributed by atoms with Crippen molar-refractivity contribution in [3.63, 3.8) is 0 Å². The van der Waals surface area contributed by atoms with Gasteiger partial charge in [0.1, 0.15) is 0 Å². The number of hydrogen-bond acceptors (Lipinski definition) is 1. The van der Waals surface area contributed by atoms with Crippen LogP contribution in [0.5, 0.6) is 0 Å². The van der Waals surface area contributed by atoms with Gasteiger partial charge in [-0.2, -0.15) is 5.10 Å². The third kappa shape index (κ3) is 3.66. The van der Waals surface area contributed by atoms with Crippen LogP contribution >= 0.6 is 0 Å². The Labute approximate surface area is 100 Å². The summed E-state index contributed by atoms with van der Waals surface area (Å²) < 4.78 is 1.95. The van der Waals surface area contributed by atoms with E-state index in [1.165, 1.54) is 49.8 Å². The monoisotopic (exact) mass is 222 g/mol. The summed E-state index contributed by atoms with van der Waals surface area (Å²) in [6, 6.07) is 0. The second-order valence-electron chi connectivity index (χ2n) is 4.82. The highest BCUT2D eigenvalue weighted by atomic mass is 15.2. The third-order valence-electron chi connectivity index (χ3n) is 3.30. The van der Waals surface area contributed by atoms with Crippen molar-refractivity contribution in [3.8, 4) is 0 Å². The first-order valence-corrected chi connectivity index (χ1v) is 6.69. The fourth-order valence-electron chi connectivity index (χ4n) is 2.38. The van der Waals surface area contributed by atoms with Crippen molar-refractivity contribution >= 4 is 0 Å². The summed E-state index contributed by atoms with van der Waals surface area (Å²) in [5.74, 6) is 0.730. The van der Waals surface area contributed by atoms with E-state index in [2.05, 4.69) is 32.1 Å². The molecule has 0 aliphatic carbocycles. The van der Waals surface area contributed by atoms with E-state index in [1.54, 1.807) is 0 Å². The molecule has 0 amide bonds. The summed E-state index contributed by atoms with van der Waals surface area (Å²) in [6.45, 7) is 6.68. The quantitative estimate of drug-likeness (QED) is 0.676. The summed E-state index contributed by atoms with van der Waals surface area (Å²) >= 11 is 0. The minimum absolute atomic E-state index is 0.730. The molecule has 0 unspecified atom stereocenters. The molecule has 0 spiro atoms. The van der Waals surface area contributed by atoms with E-state index in [1.807, 2.05) is 11.7 Å². The second kappa shape index (κ2) is 6.72. The Balaban J connectivity index is 2.70. The minimum atomic E-state index is 0.730. The Kier molecular flexibility index (Phi) is 5.58. The molecule has 2 nitrogen and oxygen atoms in total. The summed E-state index contributed by atoms with van der Waals surface area (Å²) in [5, 5.41) is 4.46. The molecular formula is C14H26N2. The molecule has 0 bridgehead atoms. The van der Waals surface area contributed by atoms with Crippen LogP contribution < -0.4 is 0 Å². The van der Waals surface area contributed by atoms with Crippen molar-refractivity contribution in [2.45, 2.75) is 65.2 Å². The predicted molar refractivity (Wildman–Crippen MR) is 69.7 cm³/mol. The first kappa shape index (κ1) is 13.3. The summed E-state index contributed by atoms with van der Waals surface area (Å²) in [7, 11) is 2.02. The molecule has 1 aromatic heterocycles. The lowest BCUT2D eigenvalue weighted by atomic mass is 9.89. The standard InChI is InChI=1S/C14H26N2/c1-5-7-9-13(10-8-6-2)14-11-16(4)15-12(14)3/h11,13H,5-10H2,1-4H3. The van der Waals surface area contributed by atoms with Crippen molar-refractivity contribution < 1.29 is 0 Å². The lowest BCUT2D eigenvalue weighted by Crippen LogP contribution is -2.00. The molecule has 92 valence electrons. The molecule has 0 atom stereocenters. The molecule has 0 saturated carbocycles. The molecule has 0 fully saturated rings. The fourth-order valence-corrected chi connectivity index (χ4v) is 2.38. The maximum atomic E-state index is 4.46. The maximum absolute atomic E-state index is 4.46. The smallest absolute Gasteiger partial charge is 0.0628 e. The van der Waals surface area contributed by atoms with Gasteiger partial charge >= 0.3 is 0 Å². The molecule has 0 aliphatic rings. The van der Waals surface area contributed by atoms with Crippen LogP contribution in [0, 0.1) is 6.92 Å². The number of aromatic nitrogens is 2. The fraction of sp³-hybridized carbons (Fsp3) is 0.786. The van der Waals surface area contributed by atoms with E-state index < -0.39 is 0 Å². The van der Waals surface area contributed by atoms with Gasteiger partial charge in [0.05, 0.1) is 5.69 Å². The summed E-state index contributed by atoms with van der Waals surface area (Å²) in [5.41, 5.74) is 2.70. The number of unbranched alkanes of at least 4 members (excludes halogenated alkanes) is 2. The van der Waals surface area contributed by atoms with Gasteiger partial charge in [-0.15, -0.1) is 0 Å². The zero-order chi connectivity index (χ0) is 12.0. The van der Waals surface area contributed by atoms with Crippen molar-refractivity contribution in [2.75, 3.05) is 0 Å². The number of hydrogen-bond donors (Lipinski definition) is 0. The Hall–Kier alpha value is -0.790. The molecule has 0 N–H and O–H groups in total. The third-order valence-corrected chi connectivity index (χ3v) is 3.30. The van der Waals surface area contributed by atoms with Crippen LogP contribution in [0.15, 0.2) is 6.20 Å². The van der Waals surface area contributed by atoms with E-state index in [9.17, 15) is 0 Å². The molecule has 0 aliphatic heterocycles. The second-order valence-corrected chi connectivity index (χ2v) is 4.82. The van der Waals surface area contributed by atoms with Gasteiger partial charge in [-0.1, -0.05) is 39.5 Å². The summed E-state index contributed by atoms with van der Waals surface area (Å²) in [4.78, 5) is 0. The highest BCUT2D eigenvalue weighted by Crippen LogP contribution is 2.29. The molecule has 1 rings (SSSR count). The van der Waals surface area contributed by atoms with Gasteiger partial charge in [0, 0.05) is 13.2 Å². The van der Waals surface area contributed by atoms with E-state index in [0.29, 0.717) is 0 Å². The van der Waals surface area contributed by atoms with Gasteiger partial charge < -0.3 is 0 Å². The van der Waals surface area contributed by atoms with Gasteiger partial charge in [0.25, 0.3) is 0 Å². The first-order valence-electron chi connectivity index (χ1n) is 6.69. The average molecular weight is 222 g/mol. The molecular weight excluding hydrogens is 196 g/mol. The van der Waals surface area contributed by atoms with Gasteiger partial charge in [0.15, 0.2) is 0 Å². The highest BCUT2D eigenvalue weighted by Gasteiger charge is 2.15. The normalized spacial score (nSPS) is 11.3. The molecule has 0 saturated heterocycles. The van der Waals surface area contributed by atoms with E-state index in [4.69, 9.17) is 0 Å². The van der Waals surface area contributed by atoms with Gasteiger partial charge in [-0.05, 0) is 31.2 Å². The van der Waals surface area contributed by atoms with E-state index >= 15 is 0 Å². The van der Waals surface area contributed by atoms with Crippen molar-refractivity contribution in [1.82, 2.24) is 9.78 Å². The lowest BCUT2D eigenvalue weighted by molar-refractivity contribution is 0.523. The Morgan fingerprint density at radius 2 is 1.75 bits per heavy atom. The SMILES string of the molecule is CCCCC(CCCC)c1cn(C)nc1C. The van der Waals surface area contributed by atoms with Crippen molar-refractivity contribution in [2.24, 2.45) is 7.05 Å². The molecule has 0 radical (unpaired) electrons. The molecule has 2 heteroatoms. The van der Waals surface area contributed by atoms with Crippen LogP contribution in [0.4, 0.5) is 0 Å². The van der Waals surface area contributed by atoms with Gasteiger partial charge in [-0.3, -0.25) is 4.68 Å². The Bertz CT molecular complexity index is 294. The first-order chi connectivity index (χ1) is 7.69. The number of rotatable bonds is 7. The molecule has 1 aromatic rings. The molecule has 1 heterocycles. The number of nitrogens with zero attached hydrogens (tertiary/aromatic N) is 2. The minimum Gasteiger partial charge on any atom is -0.275 e. The van der Waals surface area contributed by atoms with E-state index in [0.717, 1.165) is 5.92 Å². The van der Waals surface area contributed by atoms with Crippen molar-refractivity contribution in [1.29, 1.82) is 0 Å². The summed E-state index contributed by atoms with van der Waals surface area (Å²) in [6.07, 6.45) is 10.1. The van der Waals surface area contributed by atoms with Gasteiger partial charge in [0.2, 0.25) is 0 Å². The Morgan fingerprint density at radius 1 is 1.19 bits per heavy atom. The van der Waals surface area contributed by atoms with Crippen LogP contribution in [0.2, 0.25) is 0 Å². The van der Waals surface area contributed by atoms with Crippen LogP contribution in [0.25, 0.3) is 0 Å². The number of aryl methyl sites for hydroxylation is 2. The van der Waals surface area contributed by atoms with Crippen LogP contribution in [0.1, 0.15) is 69.5 Å². The molecule has 0 aromatic carbocycles. The van der Waals surface area contributed by atoms with Crippen LogP contribution in [-0.2, 0) is 7.05 Å². The largest absolute Gasteiger partial charge is 0.275 e. The zero-order valence-electron chi connectivity index (χ0n) is 11.3. The zero-order valence-corrected chi connectivity index (χ0v) is 11.3. The topological polar surface area (TPSA) is 17.8 Å². The average Bonchev–Trinajstić information content (AvgIpc) is 2.58. The lowest BCUT2D eigenvalue weighted by Gasteiger charge is -2.15. The Morgan fingerprint density at radius 3 is 2.12 bits per heavy atom. The van der Waals surface area contributed by atoms with Crippen LogP contribution in [-0.4, -0.2) is 9.78 Å².